The third-order valence-electron chi connectivity index (χ3n) is 3.43. The first-order valence-electron chi connectivity index (χ1n) is 6.86. The van der Waals surface area contributed by atoms with Crippen LogP contribution in [0.3, 0.4) is 0 Å². The van der Waals surface area contributed by atoms with Gasteiger partial charge < -0.3 is 10.5 Å². The van der Waals surface area contributed by atoms with Crippen LogP contribution in [0, 0.1) is 5.82 Å². The third-order valence-corrected chi connectivity index (χ3v) is 3.43. The summed E-state index contributed by atoms with van der Waals surface area (Å²) in [6, 6.07) is 18.1. The van der Waals surface area contributed by atoms with Gasteiger partial charge in [-0.2, -0.15) is 0 Å². The zero-order valence-corrected chi connectivity index (χ0v) is 11.7. The highest BCUT2D eigenvalue weighted by Crippen LogP contribution is 2.32. The number of fused-ring (bicyclic) bond motifs is 1. The summed E-state index contributed by atoms with van der Waals surface area (Å²) in [5.74, 6) is 0.390. The summed E-state index contributed by atoms with van der Waals surface area (Å²) in [7, 11) is 0. The molecule has 2 nitrogen and oxygen atoms in total. The number of benzene rings is 3. The number of halogens is 1. The smallest absolute Gasteiger partial charge is 0.167 e. The van der Waals surface area contributed by atoms with Gasteiger partial charge in [0.1, 0.15) is 5.75 Å². The Morgan fingerprint density at radius 2 is 1.71 bits per heavy atom. The number of hydrogen-bond donors (Lipinski definition) is 1. The molecule has 0 aromatic heterocycles. The second-order valence-electron chi connectivity index (χ2n) is 5.06. The lowest BCUT2D eigenvalue weighted by Gasteiger charge is -2.14. The zero-order valence-electron chi connectivity index (χ0n) is 11.7. The van der Waals surface area contributed by atoms with Crippen molar-refractivity contribution < 1.29 is 9.13 Å². The number of hydrogen-bond acceptors (Lipinski definition) is 2. The van der Waals surface area contributed by atoms with Gasteiger partial charge in [-0.1, -0.05) is 42.5 Å². The molecule has 0 fully saturated rings. The highest BCUT2D eigenvalue weighted by atomic mass is 19.1. The lowest BCUT2D eigenvalue weighted by atomic mass is 10.1. The van der Waals surface area contributed by atoms with E-state index in [2.05, 4.69) is 0 Å². The standard InChI is InChI=1S/C18H16FNO/c1-12(20)16-7-4-8-17(19)18(16)21-15-10-9-13-5-2-3-6-14(13)11-15/h2-12H,20H2,1H3/t12-/m1/s1. The molecule has 2 N–H and O–H groups in total. The van der Waals surface area contributed by atoms with Crippen LogP contribution in [0.5, 0.6) is 11.5 Å². The Morgan fingerprint density at radius 1 is 0.952 bits per heavy atom. The average molecular weight is 281 g/mol. The van der Waals surface area contributed by atoms with Gasteiger partial charge in [0.05, 0.1) is 0 Å². The fraction of sp³-hybridized carbons (Fsp3) is 0.111. The predicted molar refractivity (Wildman–Crippen MR) is 83.0 cm³/mol. The second kappa shape index (κ2) is 5.54. The average Bonchev–Trinajstić information content (AvgIpc) is 2.49. The van der Waals surface area contributed by atoms with E-state index >= 15 is 0 Å². The van der Waals surface area contributed by atoms with Gasteiger partial charge in [0, 0.05) is 11.6 Å². The molecular formula is C18H16FNO. The summed E-state index contributed by atoms with van der Waals surface area (Å²) in [5, 5.41) is 2.17. The fourth-order valence-corrected chi connectivity index (χ4v) is 2.34. The minimum Gasteiger partial charge on any atom is -0.454 e. The molecule has 3 rings (SSSR count). The first-order chi connectivity index (χ1) is 10.1. The van der Waals surface area contributed by atoms with E-state index in [9.17, 15) is 4.39 Å². The molecule has 0 saturated carbocycles. The van der Waals surface area contributed by atoms with Crippen LogP contribution in [-0.4, -0.2) is 0 Å². The Hall–Kier alpha value is -2.39. The van der Waals surface area contributed by atoms with Crippen LogP contribution >= 0.6 is 0 Å². The summed E-state index contributed by atoms with van der Waals surface area (Å²) in [4.78, 5) is 0. The van der Waals surface area contributed by atoms with Crippen molar-refractivity contribution in [2.24, 2.45) is 5.73 Å². The quantitative estimate of drug-likeness (QED) is 0.749. The molecule has 0 aliphatic carbocycles. The molecule has 3 aromatic rings. The molecule has 0 aliphatic heterocycles. The van der Waals surface area contributed by atoms with E-state index < -0.39 is 5.82 Å². The van der Waals surface area contributed by atoms with E-state index in [-0.39, 0.29) is 11.8 Å². The van der Waals surface area contributed by atoms with E-state index in [0.29, 0.717) is 11.3 Å². The van der Waals surface area contributed by atoms with Gasteiger partial charge in [-0.25, -0.2) is 4.39 Å². The molecule has 0 radical (unpaired) electrons. The third kappa shape index (κ3) is 2.73. The van der Waals surface area contributed by atoms with Crippen molar-refractivity contribution in [3.63, 3.8) is 0 Å². The maximum Gasteiger partial charge on any atom is 0.167 e. The molecule has 0 aliphatic rings. The van der Waals surface area contributed by atoms with Crippen LogP contribution in [0.15, 0.2) is 60.7 Å². The normalized spacial score (nSPS) is 12.3. The van der Waals surface area contributed by atoms with Crippen LogP contribution in [0.25, 0.3) is 10.8 Å². The van der Waals surface area contributed by atoms with Crippen molar-refractivity contribution in [1.29, 1.82) is 0 Å². The molecule has 3 heteroatoms. The Balaban J connectivity index is 2.02. The Labute approximate surface area is 123 Å². The minimum absolute atomic E-state index is 0.197. The lowest BCUT2D eigenvalue weighted by Crippen LogP contribution is -2.07. The molecule has 106 valence electrons. The molecule has 0 spiro atoms. The molecule has 0 unspecified atom stereocenters. The maximum atomic E-state index is 14.0. The van der Waals surface area contributed by atoms with Crippen molar-refractivity contribution in [3.05, 3.63) is 72.0 Å². The minimum atomic E-state index is -0.405. The van der Waals surface area contributed by atoms with Gasteiger partial charge in [-0.05, 0) is 35.9 Å². The first kappa shape index (κ1) is 13.6. The largest absolute Gasteiger partial charge is 0.454 e. The highest BCUT2D eigenvalue weighted by Gasteiger charge is 2.14. The van der Waals surface area contributed by atoms with Crippen LogP contribution < -0.4 is 10.5 Å². The number of nitrogens with two attached hydrogens (primary N) is 1. The molecule has 0 bridgehead atoms. The van der Waals surface area contributed by atoms with Crippen LogP contribution in [0.2, 0.25) is 0 Å². The van der Waals surface area contributed by atoms with Crippen molar-refractivity contribution >= 4 is 10.8 Å². The van der Waals surface area contributed by atoms with E-state index in [4.69, 9.17) is 10.5 Å². The first-order valence-corrected chi connectivity index (χ1v) is 6.86. The van der Waals surface area contributed by atoms with Crippen molar-refractivity contribution in [2.45, 2.75) is 13.0 Å². The monoisotopic (exact) mass is 281 g/mol. The Bertz CT molecular complexity index is 783. The van der Waals surface area contributed by atoms with E-state index in [1.807, 2.05) is 49.4 Å². The van der Waals surface area contributed by atoms with E-state index in [1.54, 1.807) is 12.1 Å². The second-order valence-corrected chi connectivity index (χ2v) is 5.06. The molecule has 21 heavy (non-hydrogen) atoms. The lowest BCUT2D eigenvalue weighted by molar-refractivity contribution is 0.433. The van der Waals surface area contributed by atoms with Gasteiger partial charge in [0.15, 0.2) is 11.6 Å². The molecule has 0 saturated heterocycles. The van der Waals surface area contributed by atoms with Crippen molar-refractivity contribution in [3.8, 4) is 11.5 Å². The molecule has 1 atom stereocenters. The molecular weight excluding hydrogens is 265 g/mol. The summed E-state index contributed by atoms with van der Waals surface area (Å²) in [5.41, 5.74) is 6.54. The van der Waals surface area contributed by atoms with Crippen LogP contribution in [0.4, 0.5) is 4.39 Å². The van der Waals surface area contributed by atoms with Gasteiger partial charge in [-0.15, -0.1) is 0 Å². The summed E-state index contributed by atoms with van der Waals surface area (Å²) in [6.45, 7) is 1.81. The number of para-hydroxylation sites is 1. The fourth-order valence-electron chi connectivity index (χ4n) is 2.34. The Kier molecular flexibility index (Phi) is 3.59. The van der Waals surface area contributed by atoms with Crippen molar-refractivity contribution in [1.82, 2.24) is 0 Å². The van der Waals surface area contributed by atoms with Gasteiger partial charge in [0.2, 0.25) is 0 Å². The number of ether oxygens (including phenoxy) is 1. The summed E-state index contributed by atoms with van der Waals surface area (Å²) < 4.78 is 19.8. The molecule has 3 aromatic carbocycles. The van der Waals surface area contributed by atoms with E-state index in [0.717, 1.165) is 10.8 Å². The van der Waals surface area contributed by atoms with Gasteiger partial charge in [0.25, 0.3) is 0 Å². The highest BCUT2D eigenvalue weighted by molar-refractivity contribution is 5.83. The van der Waals surface area contributed by atoms with Gasteiger partial charge >= 0.3 is 0 Å². The maximum absolute atomic E-state index is 14.0. The van der Waals surface area contributed by atoms with Crippen molar-refractivity contribution in [2.75, 3.05) is 0 Å². The summed E-state index contributed by atoms with van der Waals surface area (Å²) in [6.07, 6.45) is 0. The summed E-state index contributed by atoms with van der Waals surface area (Å²) >= 11 is 0. The topological polar surface area (TPSA) is 35.2 Å². The zero-order chi connectivity index (χ0) is 14.8. The molecule has 0 heterocycles. The molecule has 0 amide bonds. The Morgan fingerprint density at radius 3 is 2.48 bits per heavy atom. The number of rotatable bonds is 3. The predicted octanol–water partition coefficient (Wildman–Crippen LogP) is 4.79. The van der Waals surface area contributed by atoms with Gasteiger partial charge in [-0.3, -0.25) is 0 Å². The SMILES string of the molecule is C[C@@H](N)c1cccc(F)c1Oc1ccc2ccccc2c1. The van der Waals surface area contributed by atoms with E-state index in [1.165, 1.54) is 6.07 Å². The van der Waals surface area contributed by atoms with Crippen LogP contribution in [-0.2, 0) is 0 Å². The van der Waals surface area contributed by atoms with Crippen LogP contribution in [0.1, 0.15) is 18.5 Å².